The van der Waals surface area contributed by atoms with Gasteiger partial charge in [0.05, 0.1) is 6.54 Å². The molecule has 0 aliphatic carbocycles. The molecule has 0 radical (unpaired) electrons. The molecule has 19 heavy (non-hydrogen) atoms. The van der Waals surface area contributed by atoms with E-state index >= 15 is 0 Å². The molecule has 2 rings (SSSR count). The fraction of sp³-hybridized carbons (Fsp3) is 0.333. The smallest absolute Gasteiger partial charge is 0.342 e. The van der Waals surface area contributed by atoms with Gasteiger partial charge in [0.1, 0.15) is 6.20 Å². The van der Waals surface area contributed by atoms with Crippen LogP contribution < -0.4 is 0 Å². The molecular weight excluding hydrogens is 272 g/mol. The molecule has 1 unspecified atom stereocenters. The summed E-state index contributed by atoms with van der Waals surface area (Å²) in [5.74, 6) is 0.0375. The van der Waals surface area contributed by atoms with E-state index in [0.29, 0.717) is 12.4 Å². The average molecular weight is 280 g/mol. The highest BCUT2D eigenvalue weighted by molar-refractivity contribution is 7.80. The normalized spacial score (nSPS) is 12.1. The molecule has 1 atom stereocenters. The van der Waals surface area contributed by atoms with Gasteiger partial charge in [-0.15, -0.1) is 5.10 Å². The predicted octanol–water partition coefficient (Wildman–Crippen LogP) is 1.09. The van der Waals surface area contributed by atoms with E-state index in [-0.39, 0.29) is 17.6 Å². The van der Waals surface area contributed by atoms with Crippen molar-refractivity contribution in [2.45, 2.75) is 18.7 Å². The van der Waals surface area contributed by atoms with Crippen molar-refractivity contribution in [3.63, 3.8) is 0 Å². The van der Waals surface area contributed by atoms with Crippen LogP contribution in [0, 0.1) is 21.4 Å². The van der Waals surface area contributed by atoms with Gasteiger partial charge in [0, 0.05) is 0 Å². The van der Waals surface area contributed by atoms with Crippen molar-refractivity contribution in [1.29, 1.82) is 5.26 Å². The van der Waals surface area contributed by atoms with Gasteiger partial charge < -0.3 is 14.5 Å². The Bertz CT molecular complexity index is 657. The summed E-state index contributed by atoms with van der Waals surface area (Å²) in [6, 6.07) is 1.70. The number of hydrogen-bond acceptors (Lipinski definition) is 8. The predicted molar refractivity (Wildman–Crippen MR) is 64.4 cm³/mol. The second kappa shape index (κ2) is 5.07. The minimum atomic E-state index is -0.733. The maximum Gasteiger partial charge on any atom is 0.342 e. The van der Waals surface area contributed by atoms with Crippen LogP contribution in [0.15, 0.2) is 10.6 Å². The molecular formula is C9H8N6O3S. The summed E-state index contributed by atoms with van der Waals surface area (Å²) >= 11 is 4.26. The number of hydrogen-bond donors (Lipinski definition) is 1. The first-order chi connectivity index (χ1) is 9.08. The van der Waals surface area contributed by atoms with E-state index < -0.39 is 10.2 Å². The lowest BCUT2D eigenvalue weighted by Gasteiger charge is -2.04. The van der Waals surface area contributed by atoms with Crippen LogP contribution in [0.3, 0.4) is 0 Å². The van der Waals surface area contributed by atoms with Crippen molar-refractivity contribution < 1.29 is 9.34 Å². The lowest BCUT2D eigenvalue weighted by atomic mass is 10.4. The molecule has 98 valence electrons. The molecule has 0 N–H and O–H groups in total. The van der Waals surface area contributed by atoms with Gasteiger partial charge in [-0.25, -0.2) is 9.55 Å². The number of thiol groups is 1. The first-order valence-electron chi connectivity index (χ1n) is 5.19. The van der Waals surface area contributed by atoms with E-state index in [9.17, 15) is 10.1 Å². The summed E-state index contributed by atoms with van der Waals surface area (Å²) in [7, 11) is 0. The van der Waals surface area contributed by atoms with E-state index in [1.54, 1.807) is 13.0 Å². The zero-order valence-electron chi connectivity index (χ0n) is 9.72. The number of rotatable bonds is 4. The third kappa shape index (κ3) is 2.27. The molecule has 10 heteroatoms. The van der Waals surface area contributed by atoms with Gasteiger partial charge in [0.15, 0.2) is 11.3 Å². The molecule has 9 nitrogen and oxygen atoms in total. The minimum Gasteiger partial charge on any atom is -0.411 e. The quantitative estimate of drug-likeness (QED) is 0.504. The molecule has 0 fully saturated rings. The van der Waals surface area contributed by atoms with Gasteiger partial charge in [-0.1, -0.05) is 5.10 Å². The summed E-state index contributed by atoms with van der Waals surface area (Å²) in [5.41, 5.74) is 0. The lowest BCUT2D eigenvalue weighted by Crippen LogP contribution is -2.08. The van der Waals surface area contributed by atoms with Gasteiger partial charge >= 0.3 is 11.7 Å². The van der Waals surface area contributed by atoms with Crippen LogP contribution in [0.5, 0.6) is 0 Å². The van der Waals surface area contributed by atoms with E-state index in [1.165, 1.54) is 4.57 Å². The number of imidazole rings is 1. The summed E-state index contributed by atoms with van der Waals surface area (Å²) in [4.78, 5) is 14.2. The van der Waals surface area contributed by atoms with Gasteiger partial charge in [-0.05, 0) is 11.8 Å². The monoisotopic (exact) mass is 280 g/mol. The number of nitrogens with zero attached hydrogens (tertiary/aromatic N) is 6. The topological polar surface area (TPSA) is 124 Å². The Morgan fingerprint density at radius 3 is 2.95 bits per heavy atom. The van der Waals surface area contributed by atoms with Gasteiger partial charge in [0.2, 0.25) is 11.7 Å². The largest absolute Gasteiger partial charge is 0.411 e. The molecule has 0 bridgehead atoms. The van der Waals surface area contributed by atoms with Gasteiger partial charge in [0.25, 0.3) is 0 Å². The van der Waals surface area contributed by atoms with Crippen LogP contribution in [0.4, 0.5) is 5.82 Å². The molecule has 2 aromatic heterocycles. The van der Waals surface area contributed by atoms with Crippen LogP contribution in [0.2, 0.25) is 0 Å². The highest BCUT2D eigenvalue weighted by atomic mass is 32.1. The zero-order valence-corrected chi connectivity index (χ0v) is 10.6. The molecule has 0 saturated carbocycles. The van der Waals surface area contributed by atoms with Crippen molar-refractivity contribution >= 4 is 18.4 Å². The fourth-order valence-electron chi connectivity index (χ4n) is 1.57. The highest BCUT2D eigenvalue weighted by Crippen LogP contribution is 2.29. The fourth-order valence-corrected chi connectivity index (χ4v) is 1.88. The maximum atomic E-state index is 10.8. The molecule has 0 spiro atoms. The highest BCUT2D eigenvalue weighted by Gasteiger charge is 2.28. The Morgan fingerprint density at radius 2 is 2.42 bits per heavy atom. The summed E-state index contributed by atoms with van der Waals surface area (Å²) in [5, 5.41) is 25.8. The van der Waals surface area contributed by atoms with Gasteiger partial charge in [-0.2, -0.15) is 17.9 Å². The number of nitriles is 1. The zero-order chi connectivity index (χ0) is 14.0. The van der Waals surface area contributed by atoms with E-state index in [0.717, 1.165) is 6.20 Å². The number of nitro groups is 1. The summed E-state index contributed by atoms with van der Waals surface area (Å²) in [6.45, 7) is 2.09. The second-order valence-corrected chi connectivity index (χ2v) is 3.95. The summed E-state index contributed by atoms with van der Waals surface area (Å²) in [6.07, 6.45) is 1.14. The van der Waals surface area contributed by atoms with E-state index in [2.05, 4.69) is 27.8 Å². The Hall–Kier alpha value is -2.41. The molecule has 0 aliphatic heterocycles. The Balaban J connectivity index is 2.41. The van der Waals surface area contributed by atoms with Crippen LogP contribution in [-0.2, 0) is 6.54 Å². The maximum absolute atomic E-state index is 10.8. The molecule has 0 aliphatic rings. The van der Waals surface area contributed by atoms with Crippen molar-refractivity contribution in [2.75, 3.05) is 0 Å². The van der Waals surface area contributed by atoms with Crippen LogP contribution >= 0.6 is 12.6 Å². The second-order valence-electron chi connectivity index (χ2n) is 3.44. The third-order valence-electron chi connectivity index (χ3n) is 2.38. The van der Waals surface area contributed by atoms with Crippen molar-refractivity contribution in [3.8, 4) is 6.07 Å². The first-order valence-corrected chi connectivity index (χ1v) is 5.71. The van der Waals surface area contributed by atoms with Crippen LogP contribution in [0.25, 0.3) is 0 Å². The van der Waals surface area contributed by atoms with Crippen molar-refractivity contribution in [2.24, 2.45) is 0 Å². The number of aromatic nitrogens is 4. The standard InChI is InChI=1S/C9H8N6O3S/c1-2-14-6(15(16)17)4-11-8(14)7(19)9-13-12-5(3-10)18-9/h4,7,19H,2H2,1H3. The first kappa shape index (κ1) is 13.0. The minimum absolute atomic E-state index is 0.0649. The van der Waals surface area contributed by atoms with E-state index in [1.807, 2.05) is 0 Å². The average Bonchev–Trinajstić information content (AvgIpc) is 3.03. The van der Waals surface area contributed by atoms with Crippen LogP contribution in [0.1, 0.15) is 29.8 Å². The van der Waals surface area contributed by atoms with Gasteiger partial charge in [-0.3, -0.25) is 0 Å². The Morgan fingerprint density at radius 1 is 1.68 bits per heavy atom. The molecule has 0 amide bonds. The molecule has 2 aromatic rings. The summed E-state index contributed by atoms with van der Waals surface area (Å²) < 4.78 is 6.42. The van der Waals surface area contributed by atoms with Crippen molar-refractivity contribution in [1.82, 2.24) is 19.7 Å². The van der Waals surface area contributed by atoms with Crippen molar-refractivity contribution in [3.05, 3.63) is 33.9 Å². The Kier molecular flexibility index (Phi) is 3.48. The van der Waals surface area contributed by atoms with Crippen LogP contribution in [-0.4, -0.2) is 24.7 Å². The molecule has 0 saturated heterocycles. The Labute approximate surface area is 112 Å². The third-order valence-corrected chi connectivity index (χ3v) is 2.84. The lowest BCUT2D eigenvalue weighted by molar-refractivity contribution is -0.392. The SMILES string of the molecule is CCn1c([N+](=O)[O-])cnc1C(S)c1nnc(C#N)o1. The molecule has 0 aromatic carbocycles. The molecule has 2 heterocycles. The van der Waals surface area contributed by atoms with E-state index in [4.69, 9.17) is 9.68 Å².